The third-order valence-corrected chi connectivity index (χ3v) is 6.51. The Balaban J connectivity index is 1.64. The zero-order valence-corrected chi connectivity index (χ0v) is 14.5. The number of carbonyl (C=O) groups is 1. The Morgan fingerprint density at radius 3 is 2.58 bits per heavy atom. The Bertz CT molecular complexity index is 656. The van der Waals surface area contributed by atoms with E-state index < -0.39 is 15.8 Å². The van der Waals surface area contributed by atoms with E-state index in [-0.39, 0.29) is 23.5 Å². The lowest BCUT2D eigenvalue weighted by Crippen LogP contribution is -2.44. The molecule has 2 heterocycles. The molecule has 1 aromatic carbocycles. The molecule has 0 radical (unpaired) electrons. The van der Waals surface area contributed by atoms with Gasteiger partial charge in [-0.3, -0.25) is 9.69 Å². The van der Waals surface area contributed by atoms with Gasteiger partial charge in [-0.15, -0.1) is 0 Å². The fourth-order valence-electron chi connectivity index (χ4n) is 3.37. The monoisotopic (exact) mass is 352 g/mol. The SMILES string of the molecule is O=C(NCC(c1ccccc1)N1CCOCC1)C1CCS(=O)(=O)C1. The number of rotatable bonds is 5. The number of hydrogen-bond acceptors (Lipinski definition) is 5. The van der Waals surface area contributed by atoms with Crippen molar-refractivity contribution in [1.82, 2.24) is 10.2 Å². The number of hydrogen-bond donors (Lipinski definition) is 1. The first-order valence-corrected chi connectivity index (χ1v) is 10.2. The molecule has 3 rings (SSSR count). The van der Waals surface area contributed by atoms with Crippen LogP contribution in [0.4, 0.5) is 0 Å². The average molecular weight is 352 g/mol. The van der Waals surface area contributed by atoms with Gasteiger partial charge in [0.2, 0.25) is 5.91 Å². The first-order chi connectivity index (χ1) is 11.6. The van der Waals surface area contributed by atoms with E-state index in [0.717, 1.165) is 18.7 Å². The molecule has 0 aliphatic carbocycles. The van der Waals surface area contributed by atoms with E-state index >= 15 is 0 Å². The first-order valence-electron chi connectivity index (χ1n) is 8.40. The van der Waals surface area contributed by atoms with Crippen LogP contribution in [0.2, 0.25) is 0 Å². The van der Waals surface area contributed by atoms with Crippen molar-refractivity contribution in [3.8, 4) is 0 Å². The number of sulfone groups is 1. The lowest BCUT2D eigenvalue weighted by atomic mass is 10.0. The van der Waals surface area contributed by atoms with Gasteiger partial charge in [0.05, 0.1) is 36.7 Å². The topological polar surface area (TPSA) is 75.7 Å². The van der Waals surface area contributed by atoms with Gasteiger partial charge in [-0.05, 0) is 12.0 Å². The molecule has 2 atom stereocenters. The molecule has 6 nitrogen and oxygen atoms in total. The smallest absolute Gasteiger partial charge is 0.224 e. The highest BCUT2D eigenvalue weighted by Crippen LogP contribution is 2.22. The molecule has 7 heteroatoms. The summed E-state index contributed by atoms with van der Waals surface area (Å²) in [4.78, 5) is 14.6. The average Bonchev–Trinajstić information content (AvgIpc) is 2.97. The number of ether oxygens (including phenoxy) is 1. The fraction of sp³-hybridized carbons (Fsp3) is 0.588. The van der Waals surface area contributed by atoms with Crippen molar-refractivity contribution < 1.29 is 17.9 Å². The Labute approximate surface area is 143 Å². The van der Waals surface area contributed by atoms with Crippen molar-refractivity contribution in [2.75, 3.05) is 44.4 Å². The molecule has 0 aromatic heterocycles. The van der Waals surface area contributed by atoms with Crippen LogP contribution in [0, 0.1) is 5.92 Å². The van der Waals surface area contributed by atoms with Gasteiger partial charge < -0.3 is 10.1 Å². The van der Waals surface area contributed by atoms with Gasteiger partial charge in [0.25, 0.3) is 0 Å². The van der Waals surface area contributed by atoms with Crippen LogP contribution in [0.15, 0.2) is 30.3 Å². The number of nitrogens with one attached hydrogen (secondary N) is 1. The summed E-state index contributed by atoms with van der Waals surface area (Å²) in [6.45, 7) is 3.52. The van der Waals surface area contributed by atoms with E-state index in [9.17, 15) is 13.2 Å². The summed E-state index contributed by atoms with van der Waals surface area (Å²) in [6.07, 6.45) is 0.432. The van der Waals surface area contributed by atoms with Crippen molar-refractivity contribution in [2.45, 2.75) is 12.5 Å². The van der Waals surface area contributed by atoms with Gasteiger partial charge in [0.1, 0.15) is 0 Å². The summed E-state index contributed by atoms with van der Waals surface area (Å²) in [6, 6.07) is 10.2. The number of morpholine rings is 1. The molecule has 1 amide bonds. The zero-order valence-electron chi connectivity index (χ0n) is 13.7. The summed E-state index contributed by atoms with van der Waals surface area (Å²) in [5, 5.41) is 2.97. The predicted molar refractivity (Wildman–Crippen MR) is 91.3 cm³/mol. The molecule has 2 aliphatic heterocycles. The third kappa shape index (κ3) is 4.34. The molecular formula is C17H24N2O4S. The standard InChI is InChI=1S/C17H24N2O4S/c20-17(15-6-11-24(21,22)13-15)18-12-16(14-4-2-1-3-5-14)19-7-9-23-10-8-19/h1-5,15-16H,6-13H2,(H,18,20). The zero-order chi connectivity index (χ0) is 17.0. The lowest BCUT2D eigenvalue weighted by molar-refractivity contribution is -0.124. The minimum absolute atomic E-state index is 0.0214. The van der Waals surface area contributed by atoms with Crippen LogP contribution < -0.4 is 5.32 Å². The van der Waals surface area contributed by atoms with Gasteiger partial charge in [-0.2, -0.15) is 0 Å². The summed E-state index contributed by atoms with van der Waals surface area (Å²) in [5.74, 6) is -0.454. The highest BCUT2D eigenvalue weighted by molar-refractivity contribution is 7.91. The maximum atomic E-state index is 12.3. The quantitative estimate of drug-likeness (QED) is 0.840. The molecule has 1 N–H and O–H groups in total. The Morgan fingerprint density at radius 2 is 1.96 bits per heavy atom. The van der Waals surface area contributed by atoms with E-state index in [1.165, 1.54) is 0 Å². The van der Waals surface area contributed by atoms with Crippen LogP contribution in [-0.4, -0.2) is 63.6 Å². The van der Waals surface area contributed by atoms with Gasteiger partial charge in [0, 0.05) is 19.6 Å². The van der Waals surface area contributed by atoms with Crippen LogP contribution in [0.1, 0.15) is 18.0 Å². The summed E-state index contributed by atoms with van der Waals surface area (Å²) in [7, 11) is -3.04. The molecule has 0 bridgehead atoms. The van der Waals surface area contributed by atoms with E-state index in [1.807, 2.05) is 18.2 Å². The molecule has 0 spiro atoms. The molecule has 0 saturated carbocycles. The number of amides is 1. The minimum atomic E-state index is -3.04. The second-order valence-electron chi connectivity index (χ2n) is 6.42. The van der Waals surface area contributed by atoms with Gasteiger partial charge in [0.15, 0.2) is 9.84 Å². The number of benzene rings is 1. The Hall–Kier alpha value is -1.44. The van der Waals surface area contributed by atoms with Crippen molar-refractivity contribution in [3.63, 3.8) is 0 Å². The molecule has 2 fully saturated rings. The molecule has 2 aliphatic rings. The van der Waals surface area contributed by atoms with Crippen LogP contribution >= 0.6 is 0 Å². The van der Waals surface area contributed by atoms with Crippen LogP contribution in [0.5, 0.6) is 0 Å². The van der Waals surface area contributed by atoms with Gasteiger partial charge >= 0.3 is 0 Å². The van der Waals surface area contributed by atoms with E-state index in [1.54, 1.807) is 0 Å². The number of carbonyl (C=O) groups excluding carboxylic acids is 1. The maximum Gasteiger partial charge on any atom is 0.224 e. The van der Waals surface area contributed by atoms with Crippen molar-refractivity contribution in [2.24, 2.45) is 5.92 Å². The van der Waals surface area contributed by atoms with Crippen LogP contribution in [0.3, 0.4) is 0 Å². The Kier molecular flexibility index (Phi) is 5.53. The van der Waals surface area contributed by atoms with E-state index in [0.29, 0.717) is 26.2 Å². The second kappa shape index (κ2) is 7.63. The van der Waals surface area contributed by atoms with E-state index in [4.69, 9.17) is 4.74 Å². The minimum Gasteiger partial charge on any atom is -0.379 e. The molecule has 2 saturated heterocycles. The van der Waals surface area contributed by atoms with Crippen LogP contribution in [0.25, 0.3) is 0 Å². The molecule has 1 aromatic rings. The molecular weight excluding hydrogens is 328 g/mol. The summed E-state index contributed by atoms with van der Waals surface area (Å²) in [5.41, 5.74) is 1.15. The predicted octanol–water partition coefficient (Wildman–Crippen LogP) is 0.611. The third-order valence-electron chi connectivity index (χ3n) is 4.74. The molecule has 24 heavy (non-hydrogen) atoms. The highest BCUT2D eigenvalue weighted by Gasteiger charge is 2.33. The van der Waals surface area contributed by atoms with Crippen molar-refractivity contribution in [1.29, 1.82) is 0 Å². The summed E-state index contributed by atoms with van der Waals surface area (Å²) >= 11 is 0. The molecule has 132 valence electrons. The second-order valence-corrected chi connectivity index (χ2v) is 8.65. The first kappa shape index (κ1) is 17.4. The van der Waals surface area contributed by atoms with Gasteiger partial charge in [-0.25, -0.2) is 8.42 Å². The highest BCUT2D eigenvalue weighted by atomic mass is 32.2. The lowest BCUT2D eigenvalue weighted by Gasteiger charge is -2.35. The van der Waals surface area contributed by atoms with Crippen molar-refractivity contribution in [3.05, 3.63) is 35.9 Å². The normalized spacial score (nSPS) is 25.2. The number of nitrogens with zero attached hydrogens (tertiary/aromatic N) is 1. The molecule has 2 unspecified atom stereocenters. The summed E-state index contributed by atoms with van der Waals surface area (Å²) < 4.78 is 28.5. The Morgan fingerprint density at radius 1 is 1.25 bits per heavy atom. The maximum absolute atomic E-state index is 12.3. The van der Waals surface area contributed by atoms with E-state index in [2.05, 4.69) is 22.3 Å². The fourth-order valence-corrected chi connectivity index (χ4v) is 5.11. The van der Waals surface area contributed by atoms with Crippen LogP contribution in [-0.2, 0) is 19.4 Å². The van der Waals surface area contributed by atoms with Gasteiger partial charge in [-0.1, -0.05) is 30.3 Å². The van der Waals surface area contributed by atoms with Crippen molar-refractivity contribution >= 4 is 15.7 Å². The largest absolute Gasteiger partial charge is 0.379 e.